The first-order valence-corrected chi connectivity index (χ1v) is 10.7. The molecule has 11 heteroatoms. The van der Waals surface area contributed by atoms with Gasteiger partial charge in [-0.3, -0.25) is 4.79 Å². The summed E-state index contributed by atoms with van der Waals surface area (Å²) in [6.45, 7) is 1.14. The SMILES string of the molecule is O=C(COC(=O)[C@H]1CCCO1)Nc1cc(S(=O)(=O)N2CCOCC2)ccc1Cl. The maximum atomic E-state index is 12.7. The highest BCUT2D eigenvalue weighted by Gasteiger charge is 2.28. The van der Waals surface area contributed by atoms with Gasteiger partial charge in [-0.1, -0.05) is 11.6 Å². The van der Waals surface area contributed by atoms with Crippen molar-refractivity contribution >= 4 is 39.2 Å². The van der Waals surface area contributed by atoms with E-state index in [9.17, 15) is 18.0 Å². The lowest BCUT2D eigenvalue weighted by molar-refractivity contribution is -0.156. The van der Waals surface area contributed by atoms with Gasteiger partial charge in [0.05, 0.1) is 28.8 Å². The summed E-state index contributed by atoms with van der Waals surface area (Å²) >= 11 is 6.07. The lowest BCUT2D eigenvalue weighted by Gasteiger charge is -2.26. The van der Waals surface area contributed by atoms with Crippen LogP contribution in [0.3, 0.4) is 0 Å². The van der Waals surface area contributed by atoms with Crippen molar-refractivity contribution in [1.82, 2.24) is 4.31 Å². The number of ether oxygens (including phenoxy) is 3. The first kappa shape index (κ1) is 21.0. The van der Waals surface area contributed by atoms with Crippen LogP contribution in [0, 0.1) is 0 Å². The standard InChI is InChI=1S/C17H21ClN2O7S/c18-13-4-3-12(28(23,24)20-5-8-25-9-6-20)10-14(13)19-16(21)11-27-17(22)15-2-1-7-26-15/h3-4,10,15H,1-2,5-9,11H2,(H,19,21)/t15-/m1/s1. The van der Waals surface area contributed by atoms with E-state index in [-0.39, 0.29) is 28.7 Å². The predicted molar refractivity (Wildman–Crippen MR) is 99.6 cm³/mol. The summed E-state index contributed by atoms with van der Waals surface area (Å²) < 4.78 is 42.1. The van der Waals surface area contributed by atoms with Crippen molar-refractivity contribution in [3.63, 3.8) is 0 Å². The van der Waals surface area contributed by atoms with Gasteiger partial charge in [-0.05, 0) is 31.0 Å². The van der Waals surface area contributed by atoms with Crippen LogP contribution in [0.2, 0.25) is 5.02 Å². The van der Waals surface area contributed by atoms with E-state index in [0.717, 1.165) is 6.42 Å². The molecule has 2 saturated heterocycles. The predicted octanol–water partition coefficient (Wildman–Crippen LogP) is 1.02. The molecule has 154 valence electrons. The minimum absolute atomic E-state index is 0.00505. The highest BCUT2D eigenvalue weighted by Crippen LogP contribution is 2.27. The minimum atomic E-state index is -3.73. The Labute approximate surface area is 167 Å². The van der Waals surface area contributed by atoms with E-state index in [0.29, 0.717) is 26.2 Å². The average Bonchev–Trinajstić information content (AvgIpc) is 3.23. The minimum Gasteiger partial charge on any atom is -0.454 e. The summed E-state index contributed by atoms with van der Waals surface area (Å²) in [6.07, 6.45) is 0.693. The number of morpholine rings is 1. The maximum Gasteiger partial charge on any atom is 0.335 e. The van der Waals surface area contributed by atoms with Crippen LogP contribution >= 0.6 is 11.6 Å². The second-order valence-corrected chi connectivity index (χ2v) is 8.66. The van der Waals surface area contributed by atoms with Gasteiger partial charge in [0, 0.05) is 19.7 Å². The van der Waals surface area contributed by atoms with Crippen molar-refractivity contribution in [3.8, 4) is 0 Å². The molecule has 1 amide bonds. The molecule has 2 heterocycles. The molecule has 0 radical (unpaired) electrons. The number of benzene rings is 1. The second kappa shape index (κ2) is 9.19. The molecule has 1 aromatic rings. The molecular weight excluding hydrogens is 412 g/mol. The molecule has 0 saturated carbocycles. The number of carbonyl (C=O) groups is 2. The third kappa shape index (κ3) is 5.00. The van der Waals surface area contributed by atoms with Crippen molar-refractivity contribution in [2.75, 3.05) is 44.8 Å². The summed E-state index contributed by atoms with van der Waals surface area (Å²) in [5.74, 6) is -1.23. The van der Waals surface area contributed by atoms with Crippen LogP contribution in [0.4, 0.5) is 5.69 Å². The molecule has 0 aliphatic carbocycles. The van der Waals surface area contributed by atoms with Gasteiger partial charge in [-0.25, -0.2) is 13.2 Å². The number of halogens is 1. The van der Waals surface area contributed by atoms with Crippen LogP contribution in [0.15, 0.2) is 23.1 Å². The van der Waals surface area contributed by atoms with E-state index < -0.39 is 34.6 Å². The molecular formula is C17H21ClN2O7S. The first-order chi connectivity index (χ1) is 13.4. The van der Waals surface area contributed by atoms with E-state index in [4.69, 9.17) is 25.8 Å². The number of amides is 1. The summed E-state index contributed by atoms with van der Waals surface area (Å²) in [7, 11) is -3.73. The van der Waals surface area contributed by atoms with Crippen LogP contribution in [-0.2, 0) is 33.8 Å². The van der Waals surface area contributed by atoms with E-state index in [2.05, 4.69) is 5.32 Å². The molecule has 0 aromatic heterocycles. The van der Waals surface area contributed by atoms with Crippen molar-refractivity contribution in [1.29, 1.82) is 0 Å². The van der Waals surface area contributed by atoms with Crippen LogP contribution in [0.1, 0.15) is 12.8 Å². The molecule has 0 spiro atoms. The third-order valence-electron chi connectivity index (χ3n) is 4.36. The lowest BCUT2D eigenvalue weighted by atomic mass is 10.2. The van der Waals surface area contributed by atoms with E-state index >= 15 is 0 Å². The van der Waals surface area contributed by atoms with Crippen molar-refractivity contribution < 1.29 is 32.2 Å². The van der Waals surface area contributed by atoms with Crippen LogP contribution < -0.4 is 5.32 Å². The van der Waals surface area contributed by atoms with Gasteiger partial charge >= 0.3 is 5.97 Å². The Morgan fingerprint density at radius 2 is 2.00 bits per heavy atom. The molecule has 2 aliphatic rings. The molecule has 3 rings (SSSR count). The molecule has 1 atom stereocenters. The fourth-order valence-electron chi connectivity index (χ4n) is 2.88. The Bertz CT molecular complexity index is 834. The van der Waals surface area contributed by atoms with Gasteiger partial charge in [0.15, 0.2) is 12.7 Å². The molecule has 0 bridgehead atoms. The second-order valence-electron chi connectivity index (χ2n) is 6.32. The fraction of sp³-hybridized carbons (Fsp3) is 0.529. The van der Waals surface area contributed by atoms with Crippen molar-refractivity contribution in [3.05, 3.63) is 23.2 Å². The zero-order valence-electron chi connectivity index (χ0n) is 15.1. The van der Waals surface area contributed by atoms with Crippen molar-refractivity contribution in [2.24, 2.45) is 0 Å². The molecule has 28 heavy (non-hydrogen) atoms. The van der Waals surface area contributed by atoms with E-state index in [1.54, 1.807) is 0 Å². The van der Waals surface area contributed by atoms with Crippen LogP contribution in [0.25, 0.3) is 0 Å². The molecule has 2 fully saturated rings. The van der Waals surface area contributed by atoms with Gasteiger partial charge in [0.2, 0.25) is 10.0 Å². The summed E-state index contributed by atoms with van der Waals surface area (Å²) in [5, 5.41) is 2.64. The molecule has 1 N–H and O–H groups in total. The van der Waals surface area contributed by atoms with Gasteiger partial charge in [-0.15, -0.1) is 0 Å². The zero-order chi connectivity index (χ0) is 20.1. The number of anilines is 1. The van der Waals surface area contributed by atoms with Crippen LogP contribution in [0.5, 0.6) is 0 Å². The molecule has 2 aliphatic heterocycles. The monoisotopic (exact) mass is 432 g/mol. The number of carbonyl (C=O) groups excluding carboxylic acids is 2. The summed E-state index contributed by atoms with van der Waals surface area (Å²) in [6, 6.07) is 4.05. The number of esters is 1. The number of rotatable bonds is 6. The first-order valence-electron chi connectivity index (χ1n) is 8.83. The topological polar surface area (TPSA) is 111 Å². The Kier molecular flexibility index (Phi) is 6.89. The summed E-state index contributed by atoms with van der Waals surface area (Å²) in [4.78, 5) is 23.9. The van der Waals surface area contributed by atoms with Gasteiger partial charge in [0.25, 0.3) is 5.91 Å². The Hall–Kier alpha value is -1.72. The Morgan fingerprint density at radius 1 is 1.25 bits per heavy atom. The van der Waals surface area contributed by atoms with E-state index in [1.165, 1.54) is 22.5 Å². The smallest absolute Gasteiger partial charge is 0.335 e. The maximum absolute atomic E-state index is 12.7. The molecule has 0 unspecified atom stereocenters. The normalized spacial score (nSPS) is 20.7. The number of hydrogen-bond donors (Lipinski definition) is 1. The highest BCUT2D eigenvalue weighted by atomic mass is 35.5. The Morgan fingerprint density at radius 3 is 2.68 bits per heavy atom. The van der Waals surface area contributed by atoms with Gasteiger partial charge < -0.3 is 19.5 Å². The highest BCUT2D eigenvalue weighted by molar-refractivity contribution is 7.89. The molecule has 1 aromatic carbocycles. The van der Waals surface area contributed by atoms with Crippen molar-refractivity contribution in [2.45, 2.75) is 23.8 Å². The average molecular weight is 433 g/mol. The van der Waals surface area contributed by atoms with Gasteiger partial charge in [0.1, 0.15) is 0 Å². The largest absolute Gasteiger partial charge is 0.454 e. The number of hydrogen-bond acceptors (Lipinski definition) is 7. The Balaban J connectivity index is 1.64. The van der Waals surface area contributed by atoms with E-state index in [1.807, 2.05) is 0 Å². The third-order valence-corrected chi connectivity index (χ3v) is 6.58. The molecule has 9 nitrogen and oxygen atoms in total. The number of sulfonamides is 1. The van der Waals surface area contributed by atoms with Gasteiger partial charge in [-0.2, -0.15) is 4.31 Å². The van der Waals surface area contributed by atoms with Crippen LogP contribution in [-0.4, -0.2) is 70.2 Å². The quantitative estimate of drug-likeness (QED) is 0.668. The summed E-state index contributed by atoms with van der Waals surface area (Å²) in [5.41, 5.74) is 0.120. The number of nitrogens with zero attached hydrogens (tertiary/aromatic N) is 1. The zero-order valence-corrected chi connectivity index (χ0v) is 16.6. The lowest BCUT2D eigenvalue weighted by Crippen LogP contribution is -2.40. The fourth-order valence-corrected chi connectivity index (χ4v) is 4.48. The number of nitrogens with one attached hydrogen (secondary N) is 1.